The van der Waals surface area contributed by atoms with Crippen LogP contribution < -0.4 is 3.30 Å². The monoisotopic (exact) mass is 506 g/mol. The number of halogens is 2. The topological polar surface area (TPSA) is 12.0 Å². The Morgan fingerprint density at radius 1 is 1.05 bits per heavy atom. The second-order valence-corrected chi connectivity index (χ2v) is 64.4. The summed E-state index contributed by atoms with van der Waals surface area (Å²) < 4.78 is 11.4. The summed E-state index contributed by atoms with van der Waals surface area (Å²) in [5.74, 6) is 0. The summed E-state index contributed by atoms with van der Waals surface area (Å²) in [4.78, 5) is 0. The molecule has 0 spiro atoms. The van der Waals surface area contributed by atoms with E-state index in [2.05, 4.69) is 79.4 Å². The number of hydrogen-bond acceptors (Lipinski definition) is 1. The summed E-state index contributed by atoms with van der Waals surface area (Å²) >= 11 is -3.81. The smallest absolute Gasteiger partial charge is 0.147 e. The zero-order valence-electron chi connectivity index (χ0n) is 14.5. The first kappa shape index (κ1) is 23.4. The van der Waals surface area contributed by atoms with Crippen LogP contribution in [0.5, 0.6) is 0 Å². The van der Waals surface area contributed by atoms with E-state index in [-0.39, 0.29) is 30.4 Å². The van der Waals surface area contributed by atoms with Gasteiger partial charge in [-0.3, -0.25) is 0 Å². The van der Waals surface area contributed by atoms with E-state index in [1.165, 1.54) is 0 Å². The molecular formula is C15H34Cl2HfNSi. The Hall–Kier alpha value is 1.11. The van der Waals surface area contributed by atoms with Gasteiger partial charge in [-0.25, -0.2) is 0 Å². The second-order valence-electron chi connectivity index (χ2n) is 9.56. The van der Waals surface area contributed by atoms with Crippen molar-refractivity contribution in [1.29, 1.82) is 0 Å². The van der Waals surface area contributed by atoms with Gasteiger partial charge in [0.15, 0.2) is 0 Å². The van der Waals surface area contributed by atoms with Gasteiger partial charge in [-0.2, -0.15) is 0 Å². The van der Waals surface area contributed by atoms with Crippen LogP contribution in [-0.4, -0.2) is 12.5 Å². The van der Waals surface area contributed by atoms with Gasteiger partial charge in [0.1, 0.15) is 0 Å². The molecule has 0 radical (unpaired) electrons. The zero-order chi connectivity index (χ0) is 14.5. The molecule has 0 bridgehead atoms. The molecule has 0 aromatic rings. The Kier molecular flexibility index (Phi) is 6.58. The Balaban J connectivity index is 0. The molecule has 0 atom stereocenters. The Labute approximate surface area is 137 Å². The molecule has 0 aliphatic heterocycles. The fourth-order valence-corrected chi connectivity index (χ4v) is 30.8. The minimum absolute atomic E-state index is 0. The van der Waals surface area contributed by atoms with Crippen LogP contribution in [0.25, 0.3) is 0 Å². The predicted octanol–water partition coefficient (Wildman–Crippen LogP) is 5.06. The van der Waals surface area contributed by atoms with E-state index in [4.69, 9.17) is 0 Å². The maximum absolute atomic E-state index is 4.18. The van der Waals surface area contributed by atoms with Crippen molar-refractivity contribution in [3.63, 3.8) is 0 Å². The summed E-state index contributed by atoms with van der Waals surface area (Å²) in [5, 5.41) is 0. The van der Waals surface area contributed by atoms with Crippen LogP contribution in [-0.2, 0) is 15.9 Å². The van der Waals surface area contributed by atoms with Gasteiger partial charge < -0.3 is 0 Å². The molecule has 0 heterocycles. The van der Waals surface area contributed by atoms with E-state index in [1.54, 1.807) is 3.33 Å². The van der Waals surface area contributed by atoms with Crippen LogP contribution in [0, 0.1) is 0 Å². The summed E-state index contributed by atoms with van der Waals surface area (Å²) in [7, 11) is 0. The predicted molar refractivity (Wildman–Crippen MR) is 99.2 cm³/mol. The average Bonchev–Trinajstić information content (AvgIpc) is 2.46. The summed E-state index contributed by atoms with van der Waals surface area (Å²) in [6.07, 6.45) is 8.07. The van der Waals surface area contributed by atoms with Gasteiger partial charge in [0.2, 0.25) is 0 Å². The van der Waals surface area contributed by atoms with Crippen LogP contribution in [0.4, 0.5) is 0 Å². The molecule has 0 unspecified atom stereocenters. The molecule has 20 heavy (non-hydrogen) atoms. The molecule has 0 fully saturated rings. The summed E-state index contributed by atoms with van der Waals surface area (Å²) in [6.45, 7) is 16.5. The number of hydrogen-bond donors (Lipinski definition) is 1. The molecule has 0 saturated carbocycles. The van der Waals surface area contributed by atoms with E-state index in [0.29, 0.717) is 3.17 Å². The average molecular weight is 506 g/mol. The van der Waals surface area contributed by atoms with Crippen LogP contribution in [0.1, 0.15) is 48.0 Å². The van der Waals surface area contributed by atoms with Crippen LogP contribution >= 0.6 is 24.8 Å². The van der Waals surface area contributed by atoms with Crippen molar-refractivity contribution < 1.29 is 15.9 Å². The van der Waals surface area contributed by atoms with Gasteiger partial charge in [-0.05, 0) is 0 Å². The molecule has 1 aliphatic rings. The van der Waals surface area contributed by atoms with Crippen LogP contribution in [0.2, 0.25) is 12.5 Å². The maximum atomic E-state index is 4.18. The van der Waals surface area contributed by atoms with Crippen LogP contribution in [0.15, 0.2) is 21.6 Å². The SMILES string of the molecule is CC(C)(C)[NH][Hf]([CH3])([CH3])(=[SiH2])([C]1=CC=CC1)[C](C)(C)C.Cl.Cl. The van der Waals surface area contributed by atoms with Crippen molar-refractivity contribution in [3.05, 3.63) is 21.6 Å². The Bertz CT molecular complexity index is 513. The molecule has 1 N–H and O–H groups in total. The second kappa shape index (κ2) is 5.63. The minimum Gasteiger partial charge on any atom is -0.147 e. The van der Waals surface area contributed by atoms with Crippen molar-refractivity contribution in [2.24, 2.45) is 0 Å². The molecule has 0 aromatic carbocycles. The summed E-state index contributed by atoms with van der Waals surface area (Å²) in [5.41, 5.74) is 0.156. The molecule has 1 aliphatic carbocycles. The Morgan fingerprint density at radius 2 is 1.50 bits per heavy atom. The van der Waals surface area contributed by atoms with Crippen molar-refractivity contribution in [1.82, 2.24) is 3.30 Å². The zero-order valence-corrected chi connectivity index (χ0v) is 21.1. The van der Waals surface area contributed by atoms with E-state index in [9.17, 15) is 0 Å². The normalized spacial score (nSPS) is 19.3. The van der Waals surface area contributed by atoms with Gasteiger partial charge in [0.25, 0.3) is 0 Å². The van der Waals surface area contributed by atoms with E-state index >= 15 is 0 Å². The third kappa shape index (κ3) is 3.71. The first-order valence-corrected chi connectivity index (χ1v) is 28.0. The van der Waals surface area contributed by atoms with Gasteiger partial charge >= 0.3 is 114 Å². The first-order valence-electron chi connectivity index (χ1n) is 7.07. The molecule has 0 aromatic heterocycles. The van der Waals surface area contributed by atoms with Crippen LogP contribution in [0.3, 0.4) is 0 Å². The fraction of sp³-hybridized carbons (Fsp3) is 0.733. The Morgan fingerprint density at radius 3 is 1.75 bits per heavy atom. The van der Waals surface area contributed by atoms with E-state index in [1.807, 2.05) is 0 Å². The number of rotatable bonds is 2. The van der Waals surface area contributed by atoms with Gasteiger partial charge in [0, 0.05) is 0 Å². The molecule has 5 heteroatoms. The van der Waals surface area contributed by atoms with Crippen molar-refractivity contribution in [3.8, 4) is 0 Å². The van der Waals surface area contributed by atoms with Crippen molar-refractivity contribution >= 4 is 31.8 Å². The number of allylic oxidation sites excluding steroid dienone is 4. The molecule has 121 valence electrons. The van der Waals surface area contributed by atoms with E-state index in [0.717, 1.165) is 6.42 Å². The summed E-state index contributed by atoms with van der Waals surface area (Å²) in [6, 6.07) is 0. The third-order valence-corrected chi connectivity index (χ3v) is 55.3. The standard InChI is InChI=1S/C5H5.C4H10N.C4H9.2CH3.2ClH.Hf.H2Si/c1-2-4-5-3-1;1-4(2,3)5;1-4(2)3;;;;;;/h1-3H,4H2;5H,1-3H3;1-3H3;2*1H3;2*1H;;1H2/q;-1;;;;;;+1;. The molecule has 1 rings (SSSR count). The number of nitrogens with one attached hydrogen (secondary N) is 1. The van der Waals surface area contributed by atoms with Crippen molar-refractivity contribution in [2.45, 2.75) is 66.0 Å². The molecule has 0 saturated heterocycles. The molecular weight excluding hydrogens is 472 g/mol. The molecule has 1 nitrogen and oxygen atoms in total. The van der Waals surface area contributed by atoms with Gasteiger partial charge in [0.05, 0.1) is 0 Å². The van der Waals surface area contributed by atoms with Gasteiger partial charge in [-0.15, -0.1) is 24.8 Å². The quantitative estimate of drug-likeness (QED) is 0.517. The third-order valence-electron chi connectivity index (χ3n) is 5.58. The van der Waals surface area contributed by atoms with Gasteiger partial charge in [-0.1, -0.05) is 0 Å². The minimum atomic E-state index is -3.81. The molecule has 0 amide bonds. The van der Waals surface area contributed by atoms with Crippen molar-refractivity contribution in [2.75, 3.05) is 0 Å². The largest absolute Gasteiger partial charge is 0.147 e. The maximum Gasteiger partial charge on any atom is -0.147 e. The fourth-order valence-electron chi connectivity index (χ4n) is 3.27. The first-order chi connectivity index (χ1) is 7.62. The van der Waals surface area contributed by atoms with E-state index < -0.39 is 15.9 Å².